The standard InChI is InChI=1S/C13H24O2/c1-9(2)10-6-7-13(3,4)12(15-5)11(10)8-14/h10-12,14H,1,6-8H2,2-5H3/t10-,11-,12+/m0/s1. The van der Waals surface area contributed by atoms with E-state index in [0.29, 0.717) is 5.92 Å². The zero-order valence-electron chi connectivity index (χ0n) is 10.4. The van der Waals surface area contributed by atoms with Gasteiger partial charge < -0.3 is 9.84 Å². The molecule has 3 atom stereocenters. The molecule has 1 fully saturated rings. The number of aliphatic hydroxyl groups is 1. The van der Waals surface area contributed by atoms with Crippen molar-refractivity contribution in [3.05, 3.63) is 12.2 Å². The summed E-state index contributed by atoms with van der Waals surface area (Å²) in [6, 6.07) is 0. The Morgan fingerprint density at radius 2 is 2.13 bits per heavy atom. The molecule has 2 heteroatoms. The maximum Gasteiger partial charge on any atom is 0.0677 e. The molecular weight excluding hydrogens is 188 g/mol. The largest absolute Gasteiger partial charge is 0.396 e. The quantitative estimate of drug-likeness (QED) is 0.729. The van der Waals surface area contributed by atoms with Crippen molar-refractivity contribution in [3.63, 3.8) is 0 Å². The molecule has 0 radical (unpaired) electrons. The SMILES string of the molecule is C=C(C)[C@@H]1CCC(C)(C)[C@H](OC)[C@H]1CO. The van der Waals surface area contributed by atoms with Gasteiger partial charge in [-0.1, -0.05) is 26.0 Å². The molecule has 15 heavy (non-hydrogen) atoms. The minimum Gasteiger partial charge on any atom is -0.396 e. The van der Waals surface area contributed by atoms with Crippen LogP contribution < -0.4 is 0 Å². The van der Waals surface area contributed by atoms with E-state index >= 15 is 0 Å². The smallest absolute Gasteiger partial charge is 0.0677 e. The summed E-state index contributed by atoms with van der Waals surface area (Å²) >= 11 is 0. The van der Waals surface area contributed by atoms with Gasteiger partial charge in [0.2, 0.25) is 0 Å². The van der Waals surface area contributed by atoms with Crippen LogP contribution in [0.4, 0.5) is 0 Å². The number of ether oxygens (including phenoxy) is 1. The highest BCUT2D eigenvalue weighted by Crippen LogP contribution is 2.45. The molecule has 1 saturated carbocycles. The van der Waals surface area contributed by atoms with Crippen LogP contribution in [0.2, 0.25) is 0 Å². The fourth-order valence-corrected chi connectivity index (χ4v) is 3.00. The molecule has 88 valence electrons. The molecule has 1 aliphatic carbocycles. The van der Waals surface area contributed by atoms with E-state index in [1.807, 2.05) is 0 Å². The normalized spacial score (nSPS) is 35.1. The first-order valence-electron chi connectivity index (χ1n) is 5.73. The third-order valence-electron chi connectivity index (χ3n) is 3.87. The van der Waals surface area contributed by atoms with E-state index in [9.17, 15) is 5.11 Å². The Morgan fingerprint density at radius 3 is 2.53 bits per heavy atom. The van der Waals surface area contributed by atoms with E-state index < -0.39 is 0 Å². The highest BCUT2D eigenvalue weighted by molar-refractivity contribution is 5.06. The Labute approximate surface area is 93.3 Å². The van der Waals surface area contributed by atoms with E-state index in [0.717, 1.165) is 12.8 Å². The monoisotopic (exact) mass is 212 g/mol. The first kappa shape index (κ1) is 12.7. The predicted octanol–water partition coefficient (Wildman–Crippen LogP) is 2.62. The third kappa shape index (κ3) is 2.43. The maximum atomic E-state index is 9.52. The van der Waals surface area contributed by atoms with Gasteiger partial charge in [0.15, 0.2) is 0 Å². The Hall–Kier alpha value is -0.340. The maximum absolute atomic E-state index is 9.52. The minimum absolute atomic E-state index is 0.137. The van der Waals surface area contributed by atoms with Gasteiger partial charge in [0.25, 0.3) is 0 Å². The summed E-state index contributed by atoms with van der Waals surface area (Å²) in [5.41, 5.74) is 1.33. The molecule has 0 saturated heterocycles. The second-order valence-corrected chi connectivity index (χ2v) is 5.48. The van der Waals surface area contributed by atoms with Crippen LogP contribution >= 0.6 is 0 Å². The van der Waals surface area contributed by atoms with E-state index in [-0.39, 0.29) is 24.0 Å². The van der Waals surface area contributed by atoms with Crippen LogP contribution in [0, 0.1) is 17.3 Å². The Bertz CT molecular complexity index is 233. The highest BCUT2D eigenvalue weighted by atomic mass is 16.5. The summed E-state index contributed by atoms with van der Waals surface area (Å²) in [4.78, 5) is 0. The average Bonchev–Trinajstić information content (AvgIpc) is 2.15. The molecule has 0 spiro atoms. The average molecular weight is 212 g/mol. The molecular formula is C13H24O2. The molecule has 2 nitrogen and oxygen atoms in total. The van der Waals surface area contributed by atoms with Crippen LogP contribution in [0.15, 0.2) is 12.2 Å². The van der Waals surface area contributed by atoms with Crippen molar-refractivity contribution >= 4 is 0 Å². The molecule has 0 aromatic heterocycles. The lowest BCUT2D eigenvalue weighted by atomic mass is 9.63. The number of methoxy groups -OCH3 is 1. The minimum atomic E-state index is 0.137. The Kier molecular flexibility index (Phi) is 3.96. The Balaban J connectivity index is 2.89. The highest BCUT2D eigenvalue weighted by Gasteiger charge is 2.43. The zero-order valence-corrected chi connectivity index (χ0v) is 10.4. The third-order valence-corrected chi connectivity index (χ3v) is 3.87. The molecule has 0 aliphatic heterocycles. The van der Waals surface area contributed by atoms with Crippen molar-refractivity contribution in [3.8, 4) is 0 Å². The topological polar surface area (TPSA) is 29.5 Å². The first-order valence-corrected chi connectivity index (χ1v) is 5.73. The van der Waals surface area contributed by atoms with Gasteiger partial charge in [-0.3, -0.25) is 0 Å². The predicted molar refractivity (Wildman–Crippen MR) is 62.7 cm³/mol. The number of hydrogen-bond acceptors (Lipinski definition) is 2. The van der Waals surface area contributed by atoms with E-state index in [1.54, 1.807) is 7.11 Å². The summed E-state index contributed by atoms with van der Waals surface area (Å²) in [5.74, 6) is 0.615. The van der Waals surface area contributed by atoms with E-state index in [2.05, 4.69) is 27.4 Å². The van der Waals surface area contributed by atoms with Crippen LogP contribution in [0.1, 0.15) is 33.6 Å². The van der Waals surface area contributed by atoms with Crippen molar-refractivity contribution in [2.24, 2.45) is 17.3 Å². The van der Waals surface area contributed by atoms with Gasteiger partial charge in [0.05, 0.1) is 6.10 Å². The van der Waals surface area contributed by atoms with Crippen LogP contribution in [0.25, 0.3) is 0 Å². The summed E-state index contributed by atoms with van der Waals surface area (Å²) in [6.45, 7) is 10.7. The molecule has 0 heterocycles. The fraction of sp³-hybridized carbons (Fsp3) is 0.846. The number of allylic oxidation sites excluding steroid dienone is 1. The lowest BCUT2D eigenvalue weighted by molar-refractivity contribution is -0.0931. The van der Waals surface area contributed by atoms with Crippen molar-refractivity contribution < 1.29 is 9.84 Å². The number of aliphatic hydroxyl groups excluding tert-OH is 1. The molecule has 1 aliphatic rings. The molecule has 0 aromatic carbocycles. The number of rotatable bonds is 3. The van der Waals surface area contributed by atoms with Crippen LogP contribution in [0.3, 0.4) is 0 Å². The summed E-state index contributed by atoms with van der Waals surface area (Å²) in [7, 11) is 1.75. The van der Waals surface area contributed by atoms with Crippen LogP contribution in [-0.4, -0.2) is 24.9 Å². The first-order chi connectivity index (χ1) is 6.94. The van der Waals surface area contributed by atoms with Gasteiger partial charge in [0.1, 0.15) is 0 Å². The molecule has 0 bridgehead atoms. The molecule has 1 rings (SSSR count). The Morgan fingerprint density at radius 1 is 1.53 bits per heavy atom. The van der Waals surface area contributed by atoms with Crippen LogP contribution in [-0.2, 0) is 4.74 Å². The van der Waals surface area contributed by atoms with Gasteiger partial charge >= 0.3 is 0 Å². The van der Waals surface area contributed by atoms with Gasteiger partial charge in [-0.15, -0.1) is 0 Å². The molecule has 0 unspecified atom stereocenters. The molecule has 0 amide bonds. The van der Waals surface area contributed by atoms with Crippen molar-refractivity contribution in [1.29, 1.82) is 0 Å². The second kappa shape index (κ2) is 4.67. The van der Waals surface area contributed by atoms with Crippen molar-refractivity contribution in [2.45, 2.75) is 39.7 Å². The lowest BCUT2D eigenvalue weighted by Gasteiger charge is -2.46. The summed E-state index contributed by atoms with van der Waals surface area (Å²) in [5, 5.41) is 9.52. The van der Waals surface area contributed by atoms with Crippen molar-refractivity contribution in [1.82, 2.24) is 0 Å². The van der Waals surface area contributed by atoms with E-state index in [4.69, 9.17) is 4.74 Å². The fourth-order valence-electron chi connectivity index (χ4n) is 3.00. The lowest BCUT2D eigenvalue weighted by Crippen LogP contribution is -2.47. The van der Waals surface area contributed by atoms with Crippen LogP contribution in [0.5, 0.6) is 0 Å². The van der Waals surface area contributed by atoms with Gasteiger partial charge in [-0.25, -0.2) is 0 Å². The van der Waals surface area contributed by atoms with Gasteiger partial charge in [-0.2, -0.15) is 0 Å². The van der Waals surface area contributed by atoms with Crippen molar-refractivity contribution in [2.75, 3.05) is 13.7 Å². The van der Waals surface area contributed by atoms with Gasteiger partial charge in [-0.05, 0) is 31.1 Å². The van der Waals surface area contributed by atoms with Gasteiger partial charge in [0, 0.05) is 19.6 Å². The summed E-state index contributed by atoms with van der Waals surface area (Å²) in [6.07, 6.45) is 2.39. The second-order valence-electron chi connectivity index (χ2n) is 5.48. The molecule has 1 N–H and O–H groups in total. The molecule has 0 aromatic rings. The summed E-state index contributed by atoms with van der Waals surface area (Å²) < 4.78 is 5.59. The number of hydrogen-bond donors (Lipinski definition) is 1. The van der Waals surface area contributed by atoms with E-state index in [1.165, 1.54) is 5.57 Å². The zero-order chi connectivity index (χ0) is 11.6.